The monoisotopic (exact) mass is 345 g/mol. The number of rotatable bonds is 5. The molecular formula is C18H23N3O2S. The zero-order chi connectivity index (χ0) is 17.1. The second kappa shape index (κ2) is 7.21. The number of thiazole rings is 1. The third-order valence-electron chi connectivity index (χ3n) is 4.45. The van der Waals surface area contributed by atoms with Gasteiger partial charge in [0, 0.05) is 17.8 Å². The maximum absolute atomic E-state index is 12.2. The van der Waals surface area contributed by atoms with Crippen LogP contribution >= 0.6 is 11.3 Å². The maximum Gasteiger partial charge on any atom is 0.315 e. The Kier molecular flexibility index (Phi) is 5.04. The lowest BCUT2D eigenvalue weighted by Crippen LogP contribution is -2.38. The van der Waals surface area contributed by atoms with Crippen molar-refractivity contribution in [3.05, 3.63) is 44.9 Å². The molecule has 2 amide bonds. The molecule has 1 aromatic carbocycles. The van der Waals surface area contributed by atoms with Gasteiger partial charge in [-0.15, -0.1) is 11.3 Å². The van der Waals surface area contributed by atoms with Gasteiger partial charge >= 0.3 is 6.03 Å². The number of fused-ring (bicyclic) bond motifs is 1. The Morgan fingerprint density at radius 2 is 2.25 bits per heavy atom. The van der Waals surface area contributed by atoms with Crippen molar-refractivity contribution in [2.75, 3.05) is 13.7 Å². The molecule has 0 radical (unpaired) electrons. The summed E-state index contributed by atoms with van der Waals surface area (Å²) in [6, 6.07) is 5.94. The van der Waals surface area contributed by atoms with E-state index < -0.39 is 0 Å². The Hall–Kier alpha value is -2.08. The molecule has 1 aliphatic carbocycles. The minimum absolute atomic E-state index is 0.0550. The highest BCUT2D eigenvalue weighted by Crippen LogP contribution is 2.36. The van der Waals surface area contributed by atoms with Gasteiger partial charge < -0.3 is 15.4 Å². The van der Waals surface area contributed by atoms with Crippen molar-refractivity contribution in [2.24, 2.45) is 0 Å². The third kappa shape index (κ3) is 3.53. The van der Waals surface area contributed by atoms with Crippen LogP contribution in [0.3, 0.4) is 0 Å². The topological polar surface area (TPSA) is 63.2 Å². The largest absolute Gasteiger partial charge is 0.496 e. The molecule has 2 aromatic rings. The number of aromatic nitrogens is 1. The first-order chi connectivity index (χ1) is 11.6. The summed E-state index contributed by atoms with van der Waals surface area (Å²) in [6.45, 7) is 4.68. The Morgan fingerprint density at radius 1 is 1.42 bits per heavy atom. The first-order valence-corrected chi connectivity index (χ1v) is 9.03. The van der Waals surface area contributed by atoms with Crippen LogP contribution < -0.4 is 15.4 Å². The van der Waals surface area contributed by atoms with E-state index in [2.05, 4.69) is 28.6 Å². The van der Waals surface area contributed by atoms with Crippen LogP contribution in [-0.4, -0.2) is 24.7 Å². The molecule has 24 heavy (non-hydrogen) atoms. The number of ether oxygens (including phenoxy) is 1. The SMILES string of the molecule is COc1cccc2c1CCC2NC(=O)NCCc1nc(C)c(C)s1. The van der Waals surface area contributed by atoms with Gasteiger partial charge in [0.15, 0.2) is 0 Å². The second-order valence-corrected chi connectivity index (χ2v) is 7.31. The van der Waals surface area contributed by atoms with Crippen LogP contribution in [0.15, 0.2) is 18.2 Å². The average molecular weight is 345 g/mol. The lowest BCUT2D eigenvalue weighted by molar-refractivity contribution is 0.237. The average Bonchev–Trinajstić information content (AvgIpc) is 3.11. The van der Waals surface area contributed by atoms with E-state index in [1.165, 1.54) is 10.4 Å². The zero-order valence-corrected chi connectivity index (χ0v) is 15.1. The van der Waals surface area contributed by atoms with E-state index in [1.54, 1.807) is 18.4 Å². The van der Waals surface area contributed by atoms with Crippen LogP contribution in [0.25, 0.3) is 0 Å². The quantitative estimate of drug-likeness (QED) is 0.874. The normalized spacial score (nSPS) is 15.9. The summed E-state index contributed by atoms with van der Waals surface area (Å²) in [7, 11) is 1.69. The zero-order valence-electron chi connectivity index (χ0n) is 14.3. The van der Waals surface area contributed by atoms with Gasteiger partial charge in [-0.05, 0) is 43.9 Å². The summed E-state index contributed by atoms with van der Waals surface area (Å²) in [5.74, 6) is 0.909. The van der Waals surface area contributed by atoms with Crippen molar-refractivity contribution < 1.29 is 9.53 Å². The van der Waals surface area contributed by atoms with Gasteiger partial charge in [-0.3, -0.25) is 0 Å². The highest BCUT2D eigenvalue weighted by atomic mass is 32.1. The van der Waals surface area contributed by atoms with E-state index in [9.17, 15) is 4.79 Å². The number of hydrogen-bond donors (Lipinski definition) is 2. The molecule has 1 atom stereocenters. The Bertz CT molecular complexity index is 722. The molecule has 0 aliphatic heterocycles. The molecule has 0 fully saturated rings. The molecule has 1 heterocycles. The minimum atomic E-state index is -0.124. The number of methoxy groups -OCH3 is 1. The van der Waals surface area contributed by atoms with Gasteiger partial charge in [0.1, 0.15) is 5.75 Å². The molecule has 1 aliphatic rings. The Labute approximate surface area is 146 Å². The molecule has 0 saturated heterocycles. The lowest BCUT2D eigenvalue weighted by Gasteiger charge is -2.15. The summed E-state index contributed by atoms with van der Waals surface area (Å²) in [4.78, 5) is 17.9. The number of nitrogens with one attached hydrogen (secondary N) is 2. The molecule has 1 aromatic heterocycles. The predicted molar refractivity (Wildman–Crippen MR) is 95.9 cm³/mol. The fourth-order valence-electron chi connectivity index (χ4n) is 3.10. The Balaban J connectivity index is 1.52. The maximum atomic E-state index is 12.2. The summed E-state index contributed by atoms with van der Waals surface area (Å²) >= 11 is 1.70. The molecule has 5 nitrogen and oxygen atoms in total. The van der Waals surface area contributed by atoms with Gasteiger partial charge in [-0.25, -0.2) is 9.78 Å². The summed E-state index contributed by atoms with van der Waals surface area (Å²) in [6.07, 6.45) is 2.61. The van der Waals surface area contributed by atoms with Crippen LogP contribution in [0.1, 0.15) is 39.2 Å². The number of aryl methyl sites for hydroxylation is 2. The van der Waals surface area contributed by atoms with Gasteiger partial charge in [0.05, 0.1) is 23.9 Å². The first-order valence-electron chi connectivity index (χ1n) is 8.21. The fraction of sp³-hybridized carbons (Fsp3) is 0.444. The van der Waals surface area contributed by atoms with Crippen molar-refractivity contribution >= 4 is 17.4 Å². The molecule has 3 rings (SSSR count). The lowest BCUT2D eigenvalue weighted by atomic mass is 10.1. The summed E-state index contributed by atoms with van der Waals surface area (Å²) in [5.41, 5.74) is 3.45. The number of amides is 2. The van der Waals surface area contributed by atoms with Gasteiger partial charge in [0.25, 0.3) is 0 Å². The third-order valence-corrected chi connectivity index (χ3v) is 5.58. The number of nitrogens with zero attached hydrogens (tertiary/aromatic N) is 1. The van der Waals surface area contributed by atoms with Gasteiger partial charge in [-0.2, -0.15) is 0 Å². The van der Waals surface area contributed by atoms with Crippen LogP contribution in [0, 0.1) is 13.8 Å². The van der Waals surface area contributed by atoms with Crippen LogP contribution in [-0.2, 0) is 12.8 Å². The smallest absolute Gasteiger partial charge is 0.315 e. The highest BCUT2D eigenvalue weighted by molar-refractivity contribution is 7.11. The minimum Gasteiger partial charge on any atom is -0.496 e. The van der Waals surface area contributed by atoms with Gasteiger partial charge in [-0.1, -0.05) is 12.1 Å². The van der Waals surface area contributed by atoms with E-state index in [0.717, 1.165) is 41.3 Å². The fourth-order valence-corrected chi connectivity index (χ4v) is 4.03. The van der Waals surface area contributed by atoms with Crippen LogP contribution in [0.4, 0.5) is 4.79 Å². The molecule has 128 valence electrons. The number of hydrogen-bond acceptors (Lipinski definition) is 4. The number of urea groups is 1. The second-order valence-electron chi connectivity index (χ2n) is 6.02. The number of carbonyl (C=O) groups is 1. The van der Waals surface area contributed by atoms with Gasteiger partial charge in [0.2, 0.25) is 0 Å². The molecule has 2 N–H and O–H groups in total. The van der Waals surface area contributed by atoms with Crippen molar-refractivity contribution in [3.63, 3.8) is 0 Å². The summed E-state index contributed by atoms with van der Waals surface area (Å²) in [5, 5.41) is 7.07. The van der Waals surface area contributed by atoms with E-state index in [4.69, 9.17) is 4.74 Å². The molecular weight excluding hydrogens is 322 g/mol. The van der Waals surface area contributed by atoms with Crippen molar-refractivity contribution in [2.45, 2.75) is 39.2 Å². The highest BCUT2D eigenvalue weighted by Gasteiger charge is 2.26. The molecule has 1 unspecified atom stereocenters. The summed E-state index contributed by atoms with van der Waals surface area (Å²) < 4.78 is 5.40. The number of benzene rings is 1. The molecule has 0 bridgehead atoms. The molecule has 0 spiro atoms. The standard InChI is InChI=1S/C18H23N3O2S/c1-11-12(2)24-17(20-11)9-10-19-18(22)21-15-8-7-14-13(15)5-4-6-16(14)23-3/h4-6,15H,7-10H2,1-3H3,(H2,19,21,22). The van der Waals surface area contributed by atoms with Crippen molar-refractivity contribution in [1.29, 1.82) is 0 Å². The van der Waals surface area contributed by atoms with Crippen molar-refractivity contribution in [3.8, 4) is 5.75 Å². The van der Waals surface area contributed by atoms with E-state index >= 15 is 0 Å². The van der Waals surface area contributed by atoms with Crippen LogP contribution in [0.2, 0.25) is 0 Å². The van der Waals surface area contributed by atoms with Crippen LogP contribution in [0.5, 0.6) is 5.75 Å². The number of carbonyl (C=O) groups excluding carboxylic acids is 1. The predicted octanol–water partition coefficient (Wildman–Crippen LogP) is 3.30. The molecule has 6 heteroatoms. The first kappa shape index (κ1) is 16.8. The van der Waals surface area contributed by atoms with Crippen molar-refractivity contribution in [1.82, 2.24) is 15.6 Å². The Morgan fingerprint density at radius 3 is 2.96 bits per heavy atom. The van der Waals surface area contributed by atoms with E-state index in [1.807, 2.05) is 19.1 Å². The van der Waals surface area contributed by atoms with E-state index in [-0.39, 0.29) is 12.1 Å². The van der Waals surface area contributed by atoms with E-state index in [0.29, 0.717) is 6.54 Å². The molecule has 0 saturated carbocycles.